The second-order valence-electron chi connectivity index (χ2n) is 3.35. The minimum absolute atomic E-state index is 0.102. The molecule has 0 aliphatic heterocycles. The summed E-state index contributed by atoms with van der Waals surface area (Å²) in [6, 6.07) is 3.57. The van der Waals surface area contributed by atoms with Gasteiger partial charge in [-0.05, 0) is 30.7 Å². The van der Waals surface area contributed by atoms with Crippen LogP contribution in [0.15, 0.2) is 29.0 Å². The maximum absolute atomic E-state index is 10.8. The number of nitro groups is 1. The zero-order chi connectivity index (χ0) is 12.3. The van der Waals surface area contributed by atoms with Crippen molar-refractivity contribution >= 4 is 17.8 Å². The first-order valence-corrected chi connectivity index (χ1v) is 4.87. The fraction of sp³-hybridized carbons (Fsp3) is 0.0909. The van der Waals surface area contributed by atoms with Gasteiger partial charge in [0.2, 0.25) is 5.76 Å². The van der Waals surface area contributed by atoms with Crippen LogP contribution in [0.1, 0.15) is 17.0 Å². The number of aryl methyl sites for hydroxylation is 1. The Balaban J connectivity index is 2.31. The Labute approximate surface area is 96.7 Å². The molecule has 86 valence electrons. The molecule has 0 aliphatic rings. The summed E-state index contributed by atoms with van der Waals surface area (Å²) in [5, 5.41) is 14.3. The normalized spacial score (nSPS) is 10.9. The third kappa shape index (κ3) is 2.36. The molecule has 0 N–H and O–H groups in total. The minimum Gasteiger partial charge on any atom is -0.349 e. The Hall–Kier alpha value is -2.50. The van der Waals surface area contributed by atoms with Crippen molar-refractivity contribution in [3.05, 3.63) is 51.7 Å². The first-order valence-electron chi connectivity index (χ1n) is 4.87. The maximum Gasteiger partial charge on any atom is 0.338 e. The van der Waals surface area contributed by atoms with Crippen LogP contribution in [0.4, 0.5) is 5.69 Å². The van der Waals surface area contributed by atoms with Crippen molar-refractivity contribution in [2.75, 3.05) is 0 Å². The predicted octanol–water partition coefficient (Wildman–Crippen LogP) is 2.46. The van der Waals surface area contributed by atoms with E-state index in [0.717, 1.165) is 5.56 Å². The second-order valence-corrected chi connectivity index (χ2v) is 3.35. The predicted molar refractivity (Wildman–Crippen MR) is 61.1 cm³/mol. The summed E-state index contributed by atoms with van der Waals surface area (Å²) >= 11 is 0. The van der Waals surface area contributed by atoms with E-state index in [0.29, 0.717) is 0 Å². The van der Waals surface area contributed by atoms with E-state index in [1.54, 1.807) is 30.6 Å². The van der Waals surface area contributed by atoms with E-state index >= 15 is 0 Å². The van der Waals surface area contributed by atoms with Crippen molar-refractivity contribution in [2.24, 2.45) is 0 Å². The highest BCUT2D eigenvalue weighted by atomic mass is 16.6. The standard InChI is InChI=1S/C11H9N3O3/c1-8-11(14(15)16)10(17-13-8)3-2-9-4-6-12-7-5-9/h2-7H,1H3/b3-2-. The second kappa shape index (κ2) is 4.56. The molecule has 0 aromatic carbocycles. The molecule has 0 spiro atoms. The molecule has 2 aromatic heterocycles. The lowest BCUT2D eigenvalue weighted by Gasteiger charge is -1.90. The van der Waals surface area contributed by atoms with Crippen LogP contribution in [-0.2, 0) is 0 Å². The van der Waals surface area contributed by atoms with Gasteiger partial charge in [-0.1, -0.05) is 11.2 Å². The van der Waals surface area contributed by atoms with Gasteiger partial charge in [0, 0.05) is 12.4 Å². The molecule has 0 saturated heterocycles. The molecule has 0 saturated carbocycles. The molecule has 6 heteroatoms. The van der Waals surface area contributed by atoms with Crippen LogP contribution in [-0.4, -0.2) is 15.1 Å². The SMILES string of the molecule is Cc1noc(/C=C\c2ccncc2)c1[N+](=O)[O-]. The molecule has 2 aromatic rings. The largest absolute Gasteiger partial charge is 0.349 e. The maximum atomic E-state index is 10.8. The Morgan fingerprint density at radius 1 is 1.35 bits per heavy atom. The lowest BCUT2D eigenvalue weighted by Crippen LogP contribution is -1.90. The van der Waals surface area contributed by atoms with E-state index in [4.69, 9.17) is 4.52 Å². The number of nitrogens with zero attached hydrogens (tertiary/aromatic N) is 3. The van der Waals surface area contributed by atoms with E-state index in [2.05, 4.69) is 10.1 Å². The first-order chi connectivity index (χ1) is 8.18. The molecule has 0 bridgehead atoms. The third-order valence-corrected chi connectivity index (χ3v) is 2.17. The highest BCUT2D eigenvalue weighted by Gasteiger charge is 2.21. The van der Waals surface area contributed by atoms with E-state index in [9.17, 15) is 10.1 Å². The van der Waals surface area contributed by atoms with Crippen molar-refractivity contribution < 1.29 is 9.45 Å². The number of aromatic nitrogens is 2. The summed E-state index contributed by atoms with van der Waals surface area (Å²) in [5.41, 5.74) is 1.04. The molecule has 0 atom stereocenters. The third-order valence-electron chi connectivity index (χ3n) is 2.17. The smallest absolute Gasteiger partial charge is 0.338 e. The summed E-state index contributed by atoms with van der Waals surface area (Å²) in [7, 11) is 0. The van der Waals surface area contributed by atoms with Crippen molar-refractivity contribution in [2.45, 2.75) is 6.92 Å². The lowest BCUT2D eigenvalue weighted by atomic mass is 10.2. The van der Waals surface area contributed by atoms with Crippen molar-refractivity contribution in [1.82, 2.24) is 10.1 Å². The van der Waals surface area contributed by atoms with Gasteiger partial charge in [0.15, 0.2) is 5.69 Å². The summed E-state index contributed by atoms with van der Waals surface area (Å²) in [6.45, 7) is 1.53. The molecule has 0 fully saturated rings. The van der Waals surface area contributed by atoms with Gasteiger partial charge in [-0.25, -0.2) is 0 Å². The summed E-state index contributed by atoms with van der Waals surface area (Å²) < 4.78 is 4.88. The molecular formula is C11H9N3O3. The Kier molecular flexibility index (Phi) is 2.95. The Morgan fingerprint density at radius 2 is 2.06 bits per heavy atom. The van der Waals surface area contributed by atoms with E-state index < -0.39 is 4.92 Å². The van der Waals surface area contributed by atoms with E-state index in [1.807, 2.05) is 0 Å². The van der Waals surface area contributed by atoms with Gasteiger partial charge in [-0.15, -0.1) is 0 Å². The van der Waals surface area contributed by atoms with Gasteiger partial charge in [-0.2, -0.15) is 0 Å². The topological polar surface area (TPSA) is 82.1 Å². The first kappa shape index (κ1) is 11.0. The van der Waals surface area contributed by atoms with Gasteiger partial charge in [0.1, 0.15) is 0 Å². The van der Waals surface area contributed by atoms with Crippen LogP contribution in [0.25, 0.3) is 12.2 Å². The number of hydrogen-bond donors (Lipinski definition) is 0. The molecule has 0 radical (unpaired) electrons. The monoisotopic (exact) mass is 231 g/mol. The van der Waals surface area contributed by atoms with E-state index in [1.165, 1.54) is 13.0 Å². The molecule has 17 heavy (non-hydrogen) atoms. The van der Waals surface area contributed by atoms with Gasteiger partial charge in [0.05, 0.1) is 4.92 Å². The Bertz CT molecular complexity index is 561. The number of pyridine rings is 1. The van der Waals surface area contributed by atoms with Crippen LogP contribution in [0.2, 0.25) is 0 Å². The zero-order valence-electron chi connectivity index (χ0n) is 9.03. The minimum atomic E-state index is -0.502. The molecule has 0 aliphatic carbocycles. The van der Waals surface area contributed by atoms with Gasteiger partial charge < -0.3 is 4.52 Å². The van der Waals surface area contributed by atoms with Crippen LogP contribution in [0, 0.1) is 17.0 Å². The van der Waals surface area contributed by atoms with Gasteiger partial charge in [0.25, 0.3) is 0 Å². The number of rotatable bonds is 3. The molecular weight excluding hydrogens is 222 g/mol. The number of hydrogen-bond acceptors (Lipinski definition) is 5. The zero-order valence-corrected chi connectivity index (χ0v) is 9.03. The van der Waals surface area contributed by atoms with Crippen molar-refractivity contribution in [3.8, 4) is 0 Å². The fourth-order valence-corrected chi connectivity index (χ4v) is 1.36. The van der Waals surface area contributed by atoms with Crippen LogP contribution >= 0.6 is 0 Å². The average molecular weight is 231 g/mol. The average Bonchev–Trinajstić information content (AvgIpc) is 2.69. The fourth-order valence-electron chi connectivity index (χ4n) is 1.36. The Morgan fingerprint density at radius 3 is 2.71 bits per heavy atom. The van der Waals surface area contributed by atoms with Crippen LogP contribution in [0.3, 0.4) is 0 Å². The van der Waals surface area contributed by atoms with Crippen LogP contribution in [0.5, 0.6) is 0 Å². The highest BCUT2D eigenvalue weighted by molar-refractivity contribution is 5.71. The molecule has 2 heterocycles. The van der Waals surface area contributed by atoms with Gasteiger partial charge in [-0.3, -0.25) is 15.1 Å². The molecule has 0 unspecified atom stereocenters. The van der Waals surface area contributed by atoms with Crippen molar-refractivity contribution in [1.29, 1.82) is 0 Å². The lowest BCUT2D eigenvalue weighted by molar-refractivity contribution is -0.386. The summed E-state index contributed by atoms with van der Waals surface area (Å²) in [4.78, 5) is 14.1. The van der Waals surface area contributed by atoms with Crippen molar-refractivity contribution in [3.63, 3.8) is 0 Å². The highest BCUT2D eigenvalue weighted by Crippen LogP contribution is 2.24. The van der Waals surface area contributed by atoms with Gasteiger partial charge >= 0.3 is 5.69 Å². The van der Waals surface area contributed by atoms with E-state index in [-0.39, 0.29) is 17.1 Å². The molecule has 2 rings (SSSR count). The quantitative estimate of drug-likeness (QED) is 0.598. The molecule has 0 amide bonds. The summed E-state index contributed by atoms with van der Waals surface area (Å²) in [6.07, 6.45) is 6.50. The van der Waals surface area contributed by atoms with Crippen LogP contribution < -0.4 is 0 Å². The summed E-state index contributed by atoms with van der Waals surface area (Å²) in [5.74, 6) is 0.143. The molecule has 6 nitrogen and oxygen atoms in total.